The van der Waals surface area contributed by atoms with Crippen molar-refractivity contribution in [1.29, 1.82) is 0 Å². The lowest BCUT2D eigenvalue weighted by Gasteiger charge is -2.08. The number of imidazole rings is 1. The van der Waals surface area contributed by atoms with Gasteiger partial charge in [-0.15, -0.1) is 0 Å². The Bertz CT molecular complexity index is 1240. The van der Waals surface area contributed by atoms with E-state index in [9.17, 15) is 14.4 Å². The Kier molecular flexibility index (Phi) is 3.54. The molecule has 0 bridgehead atoms. The molecule has 9 heteroatoms. The largest absolute Gasteiger partial charge is 0.345 e. The molecule has 0 saturated carbocycles. The molecular weight excluding hydrogens is 336 g/mol. The van der Waals surface area contributed by atoms with Crippen molar-refractivity contribution in [2.75, 3.05) is 5.32 Å². The van der Waals surface area contributed by atoms with Gasteiger partial charge in [-0.2, -0.15) is 0 Å². The number of nitrogens with zero attached hydrogens (tertiary/aromatic N) is 2. The van der Waals surface area contributed by atoms with Gasteiger partial charge in [0.05, 0.1) is 23.0 Å². The van der Waals surface area contributed by atoms with Crippen LogP contribution < -0.4 is 16.6 Å². The van der Waals surface area contributed by atoms with Crippen LogP contribution in [0.25, 0.3) is 16.7 Å². The zero-order chi connectivity index (χ0) is 18.3. The van der Waals surface area contributed by atoms with Crippen LogP contribution in [0.4, 0.5) is 5.69 Å². The van der Waals surface area contributed by atoms with Crippen molar-refractivity contribution in [3.05, 3.63) is 75.1 Å². The first-order valence-electron chi connectivity index (χ1n) is 7.78. The summed E-state index contributed by atoms with van der Waals surface area (Å²) in [6.45, 7) is 1.80. The number of amides is 1. The number of hydrogen-bond acceptors (Lipinski definition) is 4. The van der Waals surface area contributed by atoms with Crippen LogP contribution in [0.2, 0.25) is 0 Å². The molecule has 4 N–H and O–H groups in total. The molecule has 3 aromatic heterocycles. The van der Waals surface area contributed by atoms with E-state index in [2.05, 4.69) is 25.3 Å². The minimum absolute atomic E-state index is 0.190. The van der Waals surface area contributed by atoms with E-state index in [1.807, 2.05) is 0 Å². The third-order valence-corrected chi connectivity index (χ3v) is 4.04. The van der Waals surface area contributed by atoms with Gasteiger partial charge in [0.1, 0.15) is 5.65 Å². The first-order valence-corrected chi connectivity index (χ1v) is 7.78. The van der Waals surface area contributed by atoms with Crippen molar-refractivity contribution in [3.63, 3.8) is 0 Å². The molecule has 0 unspecified atom stereocenters. The zero-order valence-electron chi connectivity index (χ0n) is 13.7. The van der Waals surface area contributed by atoms with Crippen molar-refractivity contribution in [2.24, 2.45) is 0 Å². The lowest BCUT2D eigenvalue weighted by Crippen LogP contribution is -2.17. The van der Waals surface area contributed by atoms with Gasteiger partial charge in [-0.25, -0.2) is 9.78 Å². The van der Waals surface area contributed by atoms with Crippen molar-refractivity contribution >= 4 is 22.6 Å². The number of fused-ring (bicyclic) bond motifs is 1. The summed E-state index contributed by atoms with van der Waals surface area (Å²) < 4.78 is 1.50. The number of H-pyrrole nitrogens is 3. The number of aromatic nitrogens is 5. The monoisotopic (exact) mass is 350 g/mol. The highest BCUT2D eigenvalue weighted by atomic mass is 16.2. The van der Waals surface area contributed by atoms with Crippen LogP contribution in [0.15, 0.2) is 52.6 Å². The van der Waals surface area contributed by atoms with Gasteiger partial charge in [0.25, 0.3) is 11.5 Å². The maximum absolute atomic E-state index is 12.6. The summed E-state index contributed by atoms with van der Waals surface area (Å²) in [5.74, 6) is -0.454. The van der Waals surface area contributed by atoms with Crippen LogP contribution in [-0.2, 0) is 0 Å². The highest BCUT2D eigenvalue weighted by Gasteiger charge is 2.16. The second-order valence-electron chi connectivity index (χ2n) is 5.73. The van der Waals surface area contributed by atoms with E-state index in [4.69, 9.17) is 0 Å². The minimum atomic E-state index is -0.454. The number of carbonyl (C=O) groups excluding carboxylic acids is 1. The fourth-order valence-corrected chi connectivity index (χ4v) is 2.85. The lowest BCUT2D eigenvalue weighted by atomic mass is 10.2. The molecule has 3 heterocycles. The SMILES string of the molecule is Cc1c[nH]c(=O)n1-c1cccc(NC(=O)c2c[nH]c3nc[nH]c(=O)c23)c1. The van der Waals surface area contributed by atoms with E-state index >= 15 is 0 Å². The predicted octanol–water partition coefficient (Wildman–Crippen LogP) is 1.29. The molecule has 0 saturated heterocycles. The number of carbonyl (C=O) groups is 1. The van der Waals surface area contributed by atoms with Gasteiger partial charge in [-0.1, -0.05) is 6.07 Å². The summed E-state index contributed by atoms with van der Waals surface area (Å²) >= 11 is 0. The molecule has 4 rings (SSSR count). The second kappa shape index (κ2) is 5.88. The molecule has 0 atom stereocenters. The van der Waals surface area contributed by atoms with Crippen LogP contribution in [0.5, 0.6) is 0 Å². The topological polar surface area (TPSA) is 128 Å². The molecule has 1 aromatic carbocycles. The van der Waals surface area contributed by atoms with E-state index in [1.54, 1.807) is 37.4 Å². The smallest absolute Gasteiger partial charge is 0.330 e. The van der Waals surface area contributed by atoms with Crippen LogP contribution in [0.3, 0.4) is 0 Å². The van der Waals surface area contributed by atoms with Crippen molar-refractivity contribution in [2.45, 2.75) is 6.92 Å². The second-order valence-corrected chi connectivity index (χ2v) is 5.73. The number of aromatic amines is 3. The van der Waals surface area contributed by atoms with E-state index < -0.39 is 11.5 Å². The molecule has 26 heavy (non-hydrogen) atoms. The molecule has 0 spiro atoms. The van der Waals surface area contributed by atoms with Gasteiger partial charge in [0.15, 0.2) is 0 Å². The summed E-state index contributed by atoms with van der Waals surface area (Å²) in [5.41, 5.74) is 1.72. The van der Waals surface area contributed by atoms with Gasteiger partial charge in [0.2, 0.25) is 0 Å². The minimum Gasteiger partial charge on any atom is -0.345 e. The first kappa shape index (κ1) is 15.6. The maximum atomic E-state index is 12.6. The number of aryl methyl sites for hydroxylation is 1. The van der Waals surface area contributed by atoms with Gasteiger partial charge in [-0.05, 0) is 25.1 Å². The molecule has 0 aliphatic carbocycles. The fourth-order valence-electron chi connectivity index (χ4n) is 2.85. The Balaban J connectivity index is 1.69. The molecule has 0 aliphatic rings. The van der Waals surface area contributed by atoms with Crippen LogP contribution in [-0.4, -0.2) is 30.4 Å². The molecule has 1 amide bonds. The van der Waals surface area contributed by atoms with Gasteiger partial charge in [0, 0.05) is 23.8 Å². The quantitative estimate of drug-likeness (QED) is 0.444. The van der Waals surface area contributed by atoms with E-state index in [1.165, 1.54) is 17.1 Å². The molecule has 9 nitrogen and oxygen atoms in total. The molecule has 0 radical (unpaired) electrons. The summed E-state index contributed by atoms with van der Waals surface area (Å²) in [6.07, 6.45) is 4.31. The van der Waals surface area contributed by atoms with Gasteiger partial charge in [-0.3, -0.25) is 14.2 Å². The predicted molar refractivity (Wildman–Crippen MR) is 95.8 cm³/mol. The standard InChI is InChI=1S/C17H14N6O3/c1-9-6-19-17(26)23(9)11-4-2-3-10(5-11)22-15(24)12-7-18-14-13(12)16(25)21-8-20-14/h2-8H,1H3,(H,19,26)(H,22,24)(H2,18,20,21,25). The molecular formula is C17H14N6O3. The van der Waals surface area contributed by atoms with E-state index in [-0.39, 0.29) is 16.6 Å². The number of nitrogens with one attached hydrogen (secondary N) is 4. The normalized spacial score (nSPS) is 11.0. The van der Waals surface area contributed by atoms with Crippen LogP contribution in [0.1, 0.15) is 16.1 Å². The Morgan fingerprint density at radius 1 is 1.15 bits per heavy atom. The zero-order valence-corrected chi connectivity index (χ0v) is 13.7. The molecule has 130 valence electrons. The highest BCUT2D eigenvalue weighted by Crippen LogP contribution is 2.17. The maximum Gasteiger partial charge on any atom is 0.330 e. The Labute approximate surface area is 145 Å². The number of hydrogen-bond donors (Lipinski definition) is 4. The van der Waals surface area contributed by atoms with Crippen molar-refractivity contribution in [1.82, 2.24) is 24.5 Å². The fraction of sp³-hybridized carbons (Fsp3) is 0.0588. The average molecular weight is 350 g/mol. The Morgan fingerprint density at radius 2 is 2.00 bits per heavy atom. The number of rotatable bonds is 3. The summed E-state index contributed by atoms with van der Waals surface area (Å²) in [6, 6.07) is 6.87. The number of benzene rings is 1. The third-order valence-electron chi connectivity index (χ3n) is 4.04. The third kappa shape index (κ3) is 2.51. The summed E-state index contributed by atoms with van der Waals surface area (Å²) in [7, 11) is 0. The highest BCUT2D eigenvalue weighted by molar-refractivity contribution is 6.12. The van der Waals surface area contributed by atoms with Crippen molar-refractivity contribution in [3.8, 4) is 5.69 Å². The van der Waals surface area contributed by atoms with Gasteiger partial charge >= 0.3 is 5.69 Å². The van der Waals surface area contributed by atoms with E-state index in [0.29, 0.717) is 17.0 Å². The Hall–Kier alpha value is -3.88. The summed E-state index contributed by atoms with van der Waals surface area (Å²) in [4.78, 5) is 48.3. The Morgan fingerprint density at radius 3 is 2.77 bits per heavy atom. The first-order chi connectivity index (χ1) is 12.5. The van der Waals surface area contributed by atoms with Crippen LogP contribution in [0, 0.1) is 6.92 Å². The van der Waals surface area contributed by atoms with E-state index in [0.717, 1.165) is 5.69 Å². The summed E-state index contributed by atoms with van der Waals surface area (Å²) in [5, 5.41) is 2.93. The van der Waals surface area contributed by atoms with Gasteiger partial charge < -0.3 is 20.3 Å². The average Bonchev–Trinajstić information content (AvgIpc) is 3.19. The molecule has 0 aliphatic heterocycles. The van der Waals surface area contributed by atoms with Crippen LogP contribution >= 0.6 is 0 Å². The number of anilines is 1. The molecule has 4 aromatic rings. The lowest BCUT2D eigenvalue weighted by molar-refractivity contribution is 0.102. The molecule has 0 fully saturated rings. The van der Waals surface area contributed by atoms with Crippen molar-refractivity contribution < 1.29 is 4.79 Å².